The summed E-state index contributed by atoms with van der Waals surface area (Å²) >= 11 is 7.90. The van der Waals surface area contributed by atoms with E-state index in [9.17, 15) is 4.79 Å². The number of amides is 1. The minimum Gasteiger partial charge on any atom is -0.341 e. The van der Waals surface area contributed by atoms with Gasteiger partial charge in [0.05, 0.1) is 16.0 Å². The molecule has 0 aliphatic carbocycles. The zero-order chi connectivity index (χ0) is 22.0. The van der Waals surface area contributed by atoms with Gasteiger partial charge in [0.15, 0.2) is 5.16 Å². The van der Waals surface area contributed by atoms with Gasteiger partial charge in [-0.25, -0.2) is 0 Å². The maximum absolute atomic E-state index is 12.9. The van der Waals surface area contributed by atoms with Gasteiger partial charge in [-0.15, -0.1) is 10.2 Å². The number of para-hydroxylation sites is 1. The monoisotopic (exact) mass is 455 g/mol. The van der Waals surface area contributed by atoms with Crippen molar-refractivity contribution in [1.82, 2.24) is 14.8 Å². The molecule has 0 bridgehead atoms. The molecule has 162 valence electrons. The van der Waals surface area contributed by atoms with Gasteiger partial charge in [0, 0.05) is 18.8 Å². The van der Waals surface area contributed by atoms with Crippen molar-refractivity contribution in [3.05, 3.63) is 58.6 Å². The molecule has 1 fully saturated rings. The third kappa shape index (κ3) is 4.72. The van der Waals surface area contributed by atoms with E-state index in [1.165, 1.54) is 11.8 Å². The number of rotatable bonds is 6. The normalized spacial score (nSPS) is 14.6. The molecule has 1 unspecified atom stereocenters. The number of aryl methyl sites for hydroxylation is 2. The lowest BCUT2D eigenvalue weighted by molar-refractivity contribution is -0.115. The van der Waals surface area contributed by atoms with Gasteiger partial charge in [0.25, 0.3) is 0 Å². The average molecular weight is 456 g/mol. The van der Waals surface area contributed by atoms with Crippen LogP contribution < -0.4 is 10.2 Å². The molecule has 1 aromatic heterocycles. The number of benzene rings is 2. The van der Waals surface area contributed by atoms with E-state index < -0.39 is 0 Å². The summed E-state index contributed by atoms with van der Waals surface area (Å²) in [7, 11) is 0. The van der Waals surface area contributed by atoms with Crippen LogP contribution in [0.4, 0.5) is 11.6 Å². The fourth-order valence-corrected chi connectivity index (χ4v) is 4.70. The zero-order valence-corrected chi connectivity index (χ0v) is 19.5. The summed E-state index contributed by atoms with van der Waals surface area (Å²) in [6, 6.07) is 13.7. The van der Waals surface area contributed by atoms with Crippen LogP contribution in [0.15, 0.2) is 47.6 Å². The Kier molecular flexibility index (Phi) is 6.53. The molecule has 1 aliphatic heterocycles. The molecule has 3 aromatic rings. The number of thioether (sulfide) groups is 1. The third-order valence-corrected chi connectivity index (χ3v) is 6.76. The van der Waals surface area contributed by atoms with Crippen molar-refractivity contribution in [1.29, 1.82) is 0 Å². The van der Waals surface area contributed by atoms with Gasteiger partial charge >= 0.3 is 0 Å². The fourth-order valence-electron chi connectivity index (χ4n) is 3.62. The van der Waals surface area contributed by atoms with E-state index in [-0.39, 0.29) is 11.2 Å². The number of carbonyl (C=O) groups is 1. The molecule has 6 nitrogen and oxygen atoms in total. The topological polar surface area (TPSA) is 63.1 Å². The van der Waals surface area contributed by atoms with E-state index >= 15 is 0 Å². The lowest BCUT2D eigenvalue weighted by Crippen LogP contribution is -2.24. The highest BCUT2D eigenvalue weighted by atomic mass is 35.5. The average Bonchev–Trinajstić information content (AvgIpc) is 3.41. The number of nitrogens with one attached hydrogen (secondary N) is 1. The smallest absolute Gasteiger partial charge is 0.237 e. The quantitative estimate of drug-likeness (QED) is 0.514. The molecule has 0 spiro atoms. The Morgan fingerprint density at radius 2 is 1.87 bits per heavy atom. The van der Waals surface area contributed by atoms with Gasteiger partial charge in [-0.2, -0.15) is 0 Å². The van der Waals surface area contributed by atoms with Crippen LogP contribution in [0.5, 0.6) is 0 Å². The number of aromatic nitrogens is 3. The van der Waals surface area contributed by atoms with Crippen LogP contribution in [0.25, 0.3) is 5.69 Å². The highest BCUT2D eigenvalue weighted by Gasteiger charge is 2.26. The maximum Gasteiger partial charge on any atom is 0.237 e. The predicted molar refractivity (Wildman–Crippen MR) is 128 cm³/mol. The van der Waals surface area contributed by atoms with E-state index in [1.54, 1.807) is 0 Å². The van der Waals surface area contributed by atoms with Crippen molar-refractivity contribution < 1.29 is 4.79 Å². The lowest BCUT2D eigenvalue weighted by Gasteiger charge is -2.20. The molecule has 8 heteroatoms. The van der Waals surface area contributed by atoms with Gasteiger partial charge < -0.3 is 10.2 Å². The second kappa shape index (κ2) is 9.32. The first kappa shape index (κ1) is 21.7. The molecular weight excluding hydrogens is 430 g/mol. The molecule has 2 heterocycles. The molecule has 4 rings (SSSR count). The largest absolute Gasteiger partial charge is 0.341 e. The third-order valence-electron chi connectivity index (χ3n) is 5.40. The summed E-state index contributed by atoms with van der Waals surface area (Å²) < 4.78 is 1.97. The molecule has 31 heavy (non-hydrogen) atoms. The molecule has 1 atom stereocenters. The van der Waals surface area contributed by atoms with Crippen LogP contribution in [0.2, 0.25) is 5.02 Å². The predicted octanol–water partition coefficient (Wildman–Crippen LogP) is 5.26. The van der Waals surface area contributed by atoms with Crippen LogP contribution >= 0.6 is 23.4 Å². The Morgan fingerprint density at radius 1 is 1.13 bits per heavy atom. The van der Waals surface area contributed by atoms with Crippen molar-refractivity contribution in [3.63, 3.8) is 0 Å². The van der Waals surface area contributed by atoms with Gasteiger partial charge in [-0.1, -0.05) is 47.6 Å². The Balaban J connectivity index is 1.61. The van der Waals surface area contributed by atoms with E-state index in [0.29, 0.717) is 10.2 Å². The first-order valence-corrected chi connectivity index (χ1v) is 11.7. The number of anilines is 2. The van der Waals surface area contributed by atoms with Crippen LogP contribution in [-0.2, 0) is 4.79 Å². The SMILES string of the molecule is Cc1ccc(C)c(NC(=O)C(C)Sc2nnc(N3CCCC3)n2-c2ccccc2Cl)c1. The highest BCUT2D eigenvalue weighted by Crippen LogP contribution is 2.33. The van der Waals surface area contributed by atoms with Gasteiger partial charge in [0.2, 0.25) is 11.9 Å². The molecule has 1 amide bonds. The van der Waals surface area contributed by atoms with Gasteiger partial charge in [0.1, 0.15) is 0 Å². The Bertz CT molecular complexity index is 1090. The maximum atomic E-state index is 12.9. The molecule has 1 saturated heterocycles. The lowest BCUT2D eigenvalue weighted by atomic mass is 10.1. The summed E-state index contributed by atoms with van der Waals surface area (Å²) in [6.07, 6.45) is 2.26. The summed E-state index contributed by atoms with van der Waals surface area (Å²) in [6.45, 7) is 7.76. The van der Waals surface area contributed by atoms with E-state index in [1.807, 2.05) is 67.8 Å². The van der Waals surface area contributed by atoms with E-state index in [0.717, 1.165) is 54.4 Å². The second-order valence-electron chi connectivity index (χ2n) is 7.83. The first-order chi connectivity index (χ1) is 14.9. The Hall–Kier alpha value is -2.51. The molecule has 1 aliphatic rings. The minimum absolute atomic E-state index is 0.0740. The molecule has 1 N–H and O–H groups in total. The number of halogens is 1. The summed E-state index contributed by atoms with van der Waals surface area (Å²) in [4.78, 5) is 15.2. The second-order valence-corrected chi connectivity index (χ2v) is 9.55. The van der Waals surface area contributed by atoms with Gasteiger partial charge in [-0.3, -0.25) is 9.36 Å². The number of hydrogen-bond acceptors (Lipinski definition) is 5. The highest BCUT2D eigenvalue weighted by molar-refractivity contribution is 8.00. The van der Waals surface area contributed by atoms with Crippen molar-refractivity contribution in [2.45, 2.75) is 44.0 Å². The molecule has 0 saturated carbocycles. The van der Waals surface area contributed by atoms with Crippen molar-refractivity contribution in [2.24, 2.45) is 0 Å². The van der Waals surface area contributed by atoms with E-state index in [4.69, 9.17) is 11.6 Å². The van der Waals surface area contributed by atoms with Crippen LogP contribution in [0.1, 0.15) is 30.9 Å². The summed E-state index contributed by atoms with van der Waals surface area (Å²) in [5.41, 5.74) is 3.80. The van der Waals surface area contributed by atoms with Gasteiger partial charge in [-0.05, 0) is 62.9 Å². The standard InChI is InChI=1S/C23H26ClN5OS/c1-15-10-11-16(2)19(14-15)25-21(30)17(3)31-23-27-26-22(28-12-6-7-13-28)29(23)20-9-5-4-8-18(20)24/h4-5,8-11,14,17H,6-7,12-13H2,1-3H3,(H,25,30). The van der Waals surface area contributed by atoms with Crippen molar-refractivity contribution in [2.75, 3.05) is 23.3 Å². The number of hydrogen-bond donors (Lipinski definition) is 1. The molecule has 0 radical (unpaired) electrons. The van der Waals surface area contributed by atoms with Crippen LogP contribution in [-0.4, -0.2) is 39.0 Å². The fraction of sp³-hybridized carbons (Fsp3) is 0.348. The minimum atomic E-state index is -0.364. The van der Waals surface area contributed by atoms with Crippen molar-refractivity contribution in [3.8, 4) is 5.69 Å². The first-order valence-electron chi connectivity index (χ1n) is 10.4. The Labute approximate surface area is 192 Å². The van der Waals surface area contributed by atoms with Crippen LogP contribution in [0.3, 0.4) is 0 Å². The molecule has 2 aromatic carbocycles. The number of nitrogens with zero attached hydrogens (tertiary/aromatic N) is 4. The zero-order valence-electron chi connectivity index (χ0n) is 17.9. The van der Waals surface area contributed by atoms with E-state index in [2.05, 4.69) is 20.4 Å². The molecular formula is C23H26ClN5OS. The Morgan fingerprint density at radius 3 is 2.61 bits per heavy atom. The summed E-state index contributed by atoms with van der Waals surface area (Å²) in [5.74, 6) is 0.699. The number of carbonyl (C=O) groups excluding carboxylic acids is 1. The van der Waals surface area contributed by atoms with Crippen LogP contribution in [0, 0.1) is 13.8 Å². The van der Waals surface area contributed by atoms with Crippen molar-refractivity contribution >= 4 is 40.9 Å². The summed E-state index contributed by atoms with van der Waals surface area (Å²) in [5, 5.41) is 12.9.